The summed E-state index contributed by atoms with van der Waals surface area (Å²) in [6.45, 7) is 1.74. The van der Waals surface area contributed by atoms with Gasteiger partial charge in [-0.1, -0.05) is 30.3 Å². The maximum Gasteiger partial charge on any atom is 0.410 e. The van der Waals surface area contributed by atoms with Crippen LogP contribution >= 0.6 is 11.3 Å². The van der Waals surface area contributed by atoms with E-state index in [9.17, 15) is 4.79 Å². The number of anilines is 1. The molecule has 1 fully saturated rings. The second-order valence-electron chi connectivity index (χ2n) is 5.43. The molecule has 0 aliphatic carbocycles. The van der Waals surface area contributed by atoms with Crippen molar-refractivity contribution in [2.75, 3.05) is 18.8 Å². The highest BCUT2D eigenvalue weighted by molar-refractivity contribution is 7.15. The Balaban J connectivity index is 1.56. The predicted molar refractivity (Wildman–Crippen MR) is 86.7 cm³/mol. The highest BCUT2D eigenvalue weighted by Gasteiger charge is 2.26. The molecule has 6 heteroatoms. The number of aromatic nitrogens is 1. The zero-order valence-corrected chi connectivity index (χ0v) is 13.1. The normalized spacial score (nSPS) is 18.2. The zero-order chi connectivity index (χ0) is 15.4. The third-order valence-electron chi connectivity index (χ3n) is 3.83. The average molecular weight is 317 g/mol. The number of amides is 1. The number of likely N-dealkylation sites (tertiary alicyclic amines) is 1. The van der Waals surface area contributed by atoms with Crippen LogP contribution in [0.1, 0.15) is 29.2 Å². The number of nitrogens with zero attached hydrogens (tertiary/aromatic N) is 2. The number of hydrogen-bond donors (Lipinski definition) is 1. The summed E-state index contributed by atoms with van der Waals surface area (Å²) in [5, 5.41) is 0.582. The number of thiazole rings is 1. The second-order valence-corrected chi connectivity index (χ2v) is 6.52. The van der Waals surface area contributed by atoms with Crippen LogP contribution in [0.2, 0.25) is 0 Å². The minimum atomic E-state index is -0.244. The van der Waals surface area contributed by atoms with E-state index < -0.39 is 0 Å². The molecule has 1 atom stereocenters. The molecule has 1 aromatic carbocycles. The van der Waals surface area contributed by atoms with Gasteiger partial charge in [-0.15, -0.1) is 11.3 Å². The van der Waals surface area contributed by atoms with Crippen LogP contribution in [0.5, 0.6) is 0 Å². The molecule has 3 rings (SSSR count). The molecule has 1 aliphatic rings. The van der Waals surface area contributed by atoms with Crippen LogP contribution in [0.25, 0.3) is 0 Å². The highest BCUT2D eigenvalue weighted by atomic mass is 32.1. The Kier molecular flexibility index (Phi) is 4.58. The van der Waals surface area contributed by atoms with Gasteiger partial charge in [-0.3, -0.25) is 0 Å². The Morgan fingerprint density at radius 2 is 2.23 bits per heavy atom. The minimum Gasteiger partial charge on any atom is -0.445 e. The van der Waals surface area contributed by atoms with Gasteiger partial charge in [0.05, 0.1) is 0 Å². The predicted octanol–water partition coefficient (Wildman–Crippen LogP) is 3.24. The van der Waals surface area contributed by atoms with Crippen LogP contribution in [0.4, 0.5) is 9.93 Å². The van der Waals surface area contributed by atoms with E-state index in [1.54, 1.807) is 4.90 Å². The Hall–Kier alpha value is -2.08. The molecule has 5 nitrogen and oxygen atoms in total. The molecular weight excluding hydrogens is 298 g/mol. The van der Waals surface area contributed by atoms with Gasteiger partial charge in [0, 0.05) is 30.1 Å². The summed E-state index contributed by atoms with van der Waals surface area (Å²) in [4.78, 5) is 19.3. The second kappa shape index (κ2) is 6.79. The molecular formula is C16H19N3O2S. The van der Waals surface area contributed by atoms with Crippen LogP contribution in [0.15, 0.2) is 36.5 Å². The van der Waals surface area contributed by atoms with Crippen molar-refractivity contribution in [2.24, 2.45) is 0 Å². The molecule has 0 saturated carbocycles. The molecule has 1 amide bonds. The number of carbonyl (C=O) groups excluding carboxylic acids is 1. The number of rotatable bonds is 3. The van der Waals surface area contributed by atoms with Crippen molar-refractivity contribution >= 4 is 22.6 Å². The SMILES string of the molecule is Nc1ncc(C2CCCN(C(=O)OCc3ccccc3)C2)s1. The highest BCUT2D eigenvalue weighted by Crippen LogP contribution is 2.31. The molecule has 1 unspecified atom stereocenters. The topological polar surface area (TPSA) is 68.5 Å². The number of nitrogen functional groups attached to an aromatic ring is 1. The van der Waals surface area contributed by atoms with E-state index >= 15 is 0 Å². The van der Waals surface area contributed by atoms with Gasteiger partial charge in [0.2, 0.25) is 0 Å². The lowest BCUT2D eigenvalue weighted by Gasteiger charge is -2.31. The van der Waals surface area contributed by atoms with Crippen molar-refractivity contribution in [2.45, 2.75) is 25.4 Å². The smallest absolute Gasteiger partial charge is 0.410 e. The van der Waals surface area contributed by atoms with Crippen molar-refractivity contribution in [1.29, 1.82) is 0 Å². The number of hydrogen-bond acceptors (Lipinski definition) is 5. The van der Waals surface area contributed by atoms with Crippen molar-refractivity contribution in [3.63, 3.8) is 0 Å². The molecule has 2 N–H and O–H groups in total. The Labute approximate surface area is 133 Å². The van der Waals surface area contributed by atoms with Crippen molar-refractivity contribution in [3.8, 4) is 0 Å². The fourth-order valence-electron chi connectivity index (χ4n) is 2.68. The largest absolute Gasteiger partial charge is 0.445 e. The summed E-state index contributed by atoms with van der Waals surface area (Å²) in [5.41, 5.74) is 6.69. The third kappa shape index (κ3) is 3.57. The van der Waals surface area contributed by atoms with Gasteiger partial charge in [-0.25, -0.2) is 9.78 Å². The monoisotopic (exact) mass is 317 g/mol. The molecule has 116 valence electrons. The summed E-state index contributed by atoms with van der Waals surface area (Å²) in [7, 11) is 0. The van der Waals surface area contributed by atoms with Crippen LogP contribution in [-0.2, 0) is 11.3 Å². The third-order valence-corrected chi connectivity index (χ3v) is 4.82. The maximum atomic E-state index is 12.2. The van der Waals surface area contributed by atoms with E-state index in [-0.39, 0.29) is 6.09 Å². The van der Waals surface area contributed by atoms with Gasteiger partial charge in [0.25, 0.3) is 0 Å². The van der Waals surface area contributed by atoms with Crippen LogP contribution in [-0.4, -0.2) is 29.1 Å². The van der Waals surface area contributed by atoms with Crippen molar-refractivity contribution < 1.29 is 9.53 Å². The lowest BCUT2D eigenvalue weighted by Crippen LogP contribution is -2.39. The number of nitrogens with two attached hydrogens (primary N) is 1. The molecule has 1 aliphatic heterocycles. The Morgan fingerprint density at radius 3 is 2.95 bits per heavy atom. The summed E-state index contributed by atoms with van der Waals surface area (Å²) >= 11 is 1.51. The first-order valence-electron chi connectivity index (χ1n) is 7.39. The first-order valence-corrected chi connectivity index (χ1v) is 8.21. The molecule has 1 saturated heterocycles. The minimum absolute atomic E-state index is 0.244. The molecule has 0 radical (unpaired) electrons. The number of piperidine rings is 1. The standard InChI is InChI=1S/C16H19N3O2S/c17-15-18-9-14(22-15)13-7-4-8-19(10-13)16(20)21-11-12-5-2-1-3-6-12/h1-3,5-6,9,13H,4,7-8,10-11H2,(H2,17,18). The van der Waals surface area contributed by atoms with E-state index in [2.05, 4.69) is 4.98 Å². The van der Waals surface area contributed by atoms with Gasteiger partial charge in [0.15, 0.2) is 5.13 Å². The Morgan fingerprint density at radius 1 is 1.41 bits per heavy atom. The van der Waals surface area contributed by atoms with Gasteiger partial charge < -0.3 is 15.4 Å². The number of carbonyl (C=O) groups is 1. The van der Waals surface area contributed by atoms with E-state index in [0.717, 1.165) is 29.8 Å². The fraction of sp³-hybridized carbons (Fsp3) is 0.375. The fourth-order valence-corrected chi connectivity index (χ4v) is 3.49. The van der Waals surface area contributed by atoms with Gasteiger partial charge >= 0.3 is 6.09 Å². The zero-order valence-electron chi connectivity index (χ0n) is 12.3. The van der Waals surface area contributed by atoms with Crippen LogP contribution in [0.3, 0.4) is 0 Å². The summed E-state index contributed by atoms with van der Waals surface area (Å²) in [6.07, 6.45) is 3.61. The molecule has 2 aromatic rings. The lowest BCUT2D eigenvalue weighted by atomic mass is 9.97. The molecule has 0 bridgehead atoms. The Bertz CT molecular complexity index is 629. The van der Waals surface area contributed by atoms with E-state index in [4.69, 9.17) is 10.5 Å². The molecule has 2 heterocycles. The summed E-state index contributed by atoms with van der Waals surface area (Å²) in [6, 6.07) is 9.72. The van der Waals surface area contributed by atoms with Gasteiger partial charge in [-0.2, -0.15) is 0 Å². The van der Waals surface area contributed by atoms with Crippen molar-refractivity contribution in [1.82, 2.24) is 9.88 Å². The van der Waals surface area contributed by atoms with Crippen molar-refractivity contribution in [3.05, 3.63) is 47.0 Å². The summed E-state index contributed by atoms with van der Waals surface area (Å²) < 4.78 is 5.41. The molecule has 1 aromatic heterocycles. The quantitative estimate of drug-likeness (QED) is 0.943. The van der Waals surface area contributed by atoms with Gasteiger partial charge in [-0.05, 0) is 18.4 Å². The van der Waals surface area contributed by atoms with Crippen LogP contribution < -0.4 is 5.73 Å². The molecule has 0 spiro atoms. The first-order chi connectivity index (χ1) is 10.7. The van der Waals surface area contributed by atoms with Gasteiger partial charge in [0.1, 0.15) is 6.61 Å². The summed E-state index contributed by atoms with van der Waals surface area (Å²) in [5.74, 6) is 0.313. The van der Waals surface area contributed by atoms with E-state index in [0.29, 0.717) is 24.2 Å². The average Bonchev–Trinajstić information content (AvgIpc) is 3.00. The maximum absolute atomic E-state index is 12.2. The van der Waals surface area contributed by atoms with E-state index in [1.165, 1.54) is 11.3 Å². The lowest BCUT2D eigenvalue weighted by molar-refractivity contribution is 0.0861. The number of ether oxygens (including phenoxy) is 1. The van der Waals surface area contributed by atoms with Crippen LogP contribution in [0, 0.1) is 0 Å². The van der Waals surface area contributed by atoms with E-state index in [1.807, 2.05) is 36.5 Å². The molecule has 22 heavy (non-hydrogen) atoms. The first kappa shape index (κ1) is 14.8. The number of benzene rings is 1.